The number of benzene rings is 4. The van der Waals surface area contributed by atoms with E-state index >= 15 is 8.78 Å². The summed E-state index contributed by atoms with van der Waals surface area (Å²) in [4.78, 5) is 0. The van der Waals surface area contributed by atoms with Crippen molar-refractivity contribution in [2.24, 2.45) is 0 Å². The Balaban J connectivity index is 1.73. The Morgan fingerprint density at radius 1 is 0.500 bits per heavy atom. The van der Waals surface area contributed by atoms with E-state index in [-0.39, 0.29) is 11.6 Å². The van der Waals surface area contributed by atoms with Gasteiger partial charge in [0.2, 0.25) is 0 Å². The van der Waals surface area contributed by atoms with Gasteiger partial charge in [0.25, 0.3) is 0 Å². The predicted octanol–water partition coefficient (Wildman–Crippen LogP) is 10.1. The zero-order valence-corrected chi connectivity index (χ0v) is 22.8. The van der Waals surface area contributed by atoms with E-state index in [9.17, 15) is 0 Å². The van der Waals surface area contributed by atoms with E-state index in [1.807, 2.05) is 31.2 Å². The van der Waals surface area contributed by atoms with E-state index in [0.29, 0.717) is 22.3 Å². The Kier molecular flexibility index (Phi) is 7.18. The molecule has 0 spiro atoms. The van der Waals surface area contributed by atoms with Crippen LogP contribution in [-0.4, -0.2) is 0 Å². The fourth-order valence-electron chi connectivity index (χ4n) is 5.37. The van der Waals surface area contributed by atoms with Gasteiger partial charge in [-0.05, 0) is 134 Å². The minimum Gasteiger partial charge on any atom is -0.206 e. The fourth-order valence-corrected chi connectivity index (χ4v) is 5.37. The summed E-state index contributed by atoms with van der Waals surface area (Å²) in [5.74, 6) is -0.584. The zero-order chi connectivity index (χ0) is 26.3. The lowest BCUT2D eigenvalue weighted by molar-refractivity contribution is 0.629. The number of halogens is 2. The molecule has 186 valence electrons. The third-order valence-electron chi connectivity index (χ3n) is 8.09. The third-order valence-corrected chi connectivity index (χ3v) is 8.09. The lowest BCUT2D eigenvalue weighted by Gasteiger charge is -2.18. The maximum absolute atomic E-state index is 15.4. The van der Waals surface area contributed by atoms with Crippen molar-refractivity contribution in [1.29, 1.82) is 0 Å². The second-order valence-corrected chi connectivity index (χ2v) is 10.2. The standard InChI is InChI=1S/C34H36F2/c1-9-10-28-20(3)16-32(25(8)24(28)7)30-14-12-27(18-34(30)36)26-11-13-29(33(35)17-26)31-15-19(2)21(4)22(5)23(31)6/h11-18H,9-10H2,1-8H3. The number of hydrogen-bond acceptors (Lipinski definition) is 0. The highest BCUT2D eigenvalue weighted by Crippen LogP contribution is 2.36. The van der Waals surface area contributed by atoms with Gasteiger partial charge in [0.1, 0.15) is 11.6 Å². The van der Waals surface area contributed by atoms with Crippen LogP contribution >= 0.6 is 0 Å². The van der Waals surface area contributed by atoms with Crippen LogP contribution in [0.3, 0.4) is 0 Å². The minimum absolute atomic E-state index is 0.289. The van der Waals surface area contributed by atoms with E-state index < -0.39 is 0 Å². The first-order valence-electron chi connectivity index (χ1n) is 12.8. The van der Waals surface area contributed by atoms with E-state index in [1.165, 1.54) is 39.9 Å². The number of hydrogen-bond donors (Lipinski definition) is 0. The average molecular weight is 483 g/mol. The Labute approximate surface area is 215 Å². The van der Waals surface area contributed by atoms with Crippen molar-refractivity contribution >= 4 is 0 Å². The van der Waals surface area contributed by atoms with Crippen LogP contribution in [0.1, 0.15) is 57.9 Å². The molecular weight excluding hydrogens is 446 g/mol. The molecule has 2 heteroatoms. The highest BCUT2D eigenvalue weighted by molar-refractivity contribution is 5.77. The predicted molar refractivity (Wildman–Crippen MR) is 150 cm³/mol. The summed E-state index contributed by atoms with van der Waals surface area (Å²) in [5.41, 5.74) is 13.9. The first-order chi connectivity index (χ1) is 17.0. The monoisotopic (exact) mass is 482 g/mol. The summed E-state index contributed by atoms with van der Waals surface area (Å²) in [6.07, 6.45) is 2.12. The molecule has 0 aliphatic rings. The van der Waals surface area contributed by atoms with Crippen LogP contribution in [0.4, 0.5) is 8.78 Å². The largest absolute Gasteiger partial charge is 0.206 e. The molecule has 0 unspecified atom stereocenters. The molecule has 0 N–H and O–H groups in total. The van der Waals surface area contributed by atoms with Crippen LogP contribution in [0.5, 0.6) is 0 Å². The van der Waals surface area contributed by atoms with Gasteiger partial charge in [0, 0.05) is 11.1 Å². The van der Waals surface area contributed by atoms with E-state index in [2.05, 4.69) is 60.6 Å². The van der Waals surface area contributed by atoms with Gasteiger partial charge in [-0.3, -0.25) is 0 Å². The zero-order valence-electron chi connectivity index (χ0n) is 22.8. The highest BCUT2D eigenvalue weighted by atomic mass is 19.1. The molecular formula is C34H36F2. The van der Waals surface area contributed by atoms with Crippen molar-refractivity contribution in [2.75, 3.05) is 0 Å². The van der Waals surface area contributed by atoms with Crippen molar-refractivity contribution in [3.8, 4) is 33.4 Å². The summed E-state index contributed by atoms with van der Waals surface area (Å²) < 4.78 is 30.8. The molecule has 0 aromatic heterocycles. The molecule has 0 atom stereocenters. The van der Waals surface area contributed by atoms with Gasteiger partial charge in [-0.1, -0.05) is 49.7 Å². The van der Waals surface area contributed by atoms with Crippen molar-refractivity contribution in [3.05, 3.63) is 105 Å². The molecule has 0 aliphatic heterocycles. The van der Waals surface area contributed by atoms with Crippen LogP contribution in [0.15, 0.2) is 48.5 Å². The molecule has 0 aliphatic carbocycles. The molecule has 4 rings (SSSR count). The van der Waals surface area contributed by atoms with Crippen molar-refractivity contribution in [3.63, 3.8) is 0 Å². The lowest BCUT2D eigenvalue weighted by Crippen LogP contribution is -2.00. The topological polar surface area (TPSA) is 0 Å². The second-order valence-electron chi connectivity index (χ2n) is 10.2. The number of aryl methyl sites for hydroxylation is 2. The van der Waals surface area contributed by atoms with Gasteiger partial charge in [-0.15, -0.1) is 0 Å². The van der Waals surface area contributed by atoms with Crippen molar-refractivity contribution in [1.82, 2.24) is 0 Å². The Bertz CT molecular complexity index is 1470. The third kappa shape index (κ3) is 4.50. The van der Waals surface area contributed by atoms with Crippen molar-refractivity contribution < 1.29 is 8.78 Å². The fraction of sp³-hybridized carbons (Fsp3) is 0.294. The number of rotatable bonds is 5. The van der Waals surface area contributed by atoms with Gasteiger partial charge in [0.05, 0.1) is 0 Å². The molecule has 0 fully saturated rings. The molecule has 36 heavy (non-hydrogen) atoms. The molecule has 4 aromatic carbocycles. The Hall–Kier alpha value is -3.26. The van der Waals surface area contributed by atoms with Crippen LogP contribution in [0.25, 0.3) is 33.4 Å². The van der Waals surface area contributed by atoms with Crippen LogP contribution in [0, 0.1) is 60.1 Å². The lowest BCUT2D eigenvalue weighted by atomic mass is 9.87. The maximum atomic E-state index is 15.4. The minimum atomic E-state index is -0.295. The highest BCUT2D eigenvalue weighted by Gasteiger charge is 2.17. The van der Waals surface area contributed by atoms with Gasteiger partial charge < -0.3 is 0 Å². The van der Waals surface area contributed by atoms with Crippen LogP contribution < -0.4 is 0 Å². The van der Waals surface area contributed by atoms with Crippen molar-refractivity contribution in [2.45, 2.75) is 68.2 Å². The first kappa shape index (κ1) is 25.8. The smallest absolute Gasteiger partial charge is 0.131 e. The van der Waals surface area contributed by atoms with Gasteiger partial charge in [-0.2, -0.15) is 0 Å². The Morgan fingerprint density at radius 3 is 1.44 bits per heavy atom. The average Bonchev–Trinajstić information content (AvgIpc) is 2.85. The SMILES string of the molecule is CCCc1c(C)cc(-c2ccc(-c3ccc(-c4cc(C)c(C)c(C)c4C)c(F)c3)cc2F)c(C)c1C. The normalized spacial score (nSPS) is 11.3. The molecule has 0 saturated heterocycles. The molecule has 4 aromatic rings. The quantitative estimate of drug-likeness (QED) is 0.265. The molecule has 0 heterocycles. The van der Waals surface area contributed by atoms with E-state index in [1.54, 1.807) is 0 Å². The molecule has 0 bridgehead atoms. The van der Waals surface area contributed by atoms with Gasteiger partial charge in [-0.25, -0.2) is 8.78 Å². The Morgan fingerprint density at radius 2 is 0.972 bits per heavy atom. The van der Waals surface area contributed by atoms with Gasteiger partial charge >= 0.3 is 0 Å². The molecule has 0 saturated carbocycles. The summed E-state index contributed by atoms with van der Waals surface area (Å²) in [7, 11) is 0. The summed E-state index contributed by atoms with van der Waals surface area (Å²) in [6.45, 7) is 16.8. The summed E-state index contributed by atoms with van der Waals surface area (Å²) >= 11 is 0. The second kappa shape index (κ2) is 10.0. The summed E-state index contributed by atoms with van der Waals surface area (Å²) in [6, 6.07) is 14.6. The van der Waals surface area contributed by atoms with Crippen LogP contribution in [0.2, 0.25) is 0 Å². The van der Waals surface area contributed by atoms with E-state index in [0.717, 1.165) is 40.7 Å². The summed E-state index contributed by atoms with van der Waals surface area (Å²) in [5, 5.41) is 0. The van der Waals surface area contributed by atoms with Gasteiger partial charge in [0.15, 0.2) is 0 Å². The first-order valence-corrected chi connectivity index (χ1v) is 12.8. The molecule has 0 radical (unpaired) electrons. The van der Waals surface area contributed by atoms with E-state index in [4.69, 9.17) is 0 Å². The molecule has 0 nitrogen and oxygen atoms in total. The van der Waals surface area contributed by atoms with Crippen LogP contribution in [-0.2, 0) is 6.42 Å². The maximum Gasteiger partial charge on any atom is 0.131 e. The molecule has 0 amide bonds.